The minimum absolute atomic E-state index is 0. The second kappa shape index (κ2) is 8.48. The Morgan fingerprint density at radius 2 is 1.88 bits per heavy atom. The van der Waals surface area contributed by atoms with Crippen molar-refractivity contribution in [2.45, 2.75) is 19.0 Å². The van der Waals surface area contributed by atoms with Crippen LogP contribution in [0.15, 0.2) is 39.9 Å². The van der Waals surface area contributed by atoms with Gasteiger partial charge >= 0.3 is 5.69 Å². The van der Waals surface area contributed by atoms with Gasteiger partial charge in [0, 0.05) is 32.3 Å². The van der Waals surface area contributed by atoms with Crippen LogP contribution in [0.25, 0.3) is 0 Å². The molecule has 0 fully saturated rings. The van der Waals surface area contributed by atoms with Crippen LogP contribution in [0, 0.1) is 0 Å². The van der Waals surface area contributed by atoms with E-state index in [1.54, 1.807) is 0 Å². The number of aliphatic hydroxyl groups excluding tert-OH is 1. The highest BCUT2D eigenvalue weighted by Gasteiger charge is 2.27. The molecule has 0 spiro atoms. The number of hydrogen-bond acceptors (Lipinski definition) is 4. The van der Waals surface area contributed by atoms with Crippen LogP contribution in [-0.2, 0) is 20.0 Å². The zero-order chi connectivity index (χ0) is 15.7. The molecule has 0 bridgehead atoms. The summed E-state index contributed by atoms with van der Waals surface area (Å²) in [5.74, 6) is 0. The third kappa shape index (κ3) is 3.72. The van der Waals surface area contributed by atoms with Crippen molar-refractivity contribution in [1.82, 2.24) is 14.5 Å². The fourth-order valence-electron chi connectivity index (χ4n) is 3.00. The van der Waals surface area contributed by atoms with E-state index in [0.717, 1.165) is 10.1 Å². The topological polar surface area (TPSA) is 78.3 Å². The van der Waals surface area contributed by atoms with Crippen molar-refractivity contribution in [3.05, 3.63) is 68.0 Å². The maximum Gasteiger partial charge on any atom is 0.328 e. The van der Waals surface area contributed by atoms with Crippen LogP contribution < -0.4 is 11.2 Å². The summed E-state index contributed by atoms with van der Waals surface area (Å²) in [6, 6.07) is 9.61. The molecule has 0 saturated heterocycles. The molecule has 0 aliphatic carbocycles. The van der Waals surface area contributed by atoms with E-state index >= 15 is 0 Å². The maximum absolute atomic E-state index is 12.3. The Bertz CT molecular complexity index is 789. The minimum atomic E-state index is -0.376. The molecule has 1 atom stereocenters. The minimum Gasteiger partial charge on any atom is -0.394 e. The Morgan fingerprint density at radius 3 is 2.50 bits per heavy atom. The quantitative estimate of drug-likeness (QED) is 0.841. The Kier molecular flexibility index (Phi) is 7.23. The number of aliphatic hydroxyl groups is 1. The van der Waals surface area contributed by atoms with E-state index < -0.39 is 0 Å². The molecule has 8 heteroatoms. The fourth-order valence-corrected chi connectivity index (χ4v) is 3.00. The first-order chi connectivity index (χ1) is 10.6. The number of aromatic amines is 1. The van der Waals surface area contributed by atoms with Gasteiger partial charge in [0.1, 0.15) is 0 Å². The molecule has 1 aliphatic rings. The largest absolute Gasteiger partial charge is 0.394 e. The highest BCUT2D eigenvalue weighted by molar-refractivity contribution is 5.85. The van der Waals surface area contributed by atoms with Gasteiger partial charge in [-0.25, -0.2) is 4.79 Å². The SMILES string of the molecule is Cl.Cl.Cn1c(=O)[nH]c2c(c1=O)CN(C(CO)c1ccccc1)CC2. The Labute approximate surface area is 152 Å². The van der Waals surface area contributed by atoms with Crippen molar-refractivity contribution in [2.75, 3.05) is 13.2 Å². The molecule has 1 aromatic carbocycles. The first-order valence-electron chi connectivity index (χ1n) is 7.32. The first-order valence-corrected chi connectivity index (χ1v) is 7.32. The number of hydrogen-bond donors (Lipinski definition) is 2. The molecule has 132 valence electrons. The summed E-state index contributed by atoms with van der Waals surface area (Å²) in [7, 11) is 1.47. The molecule has 1 aliphatic heterocycles. The van der Waals surface area contributed by atoms with E-state index in [4.69, 9.17) is 0 Å². The van der Waals surface area contributed by atoms with Gasteiger partial charge in [0.25, 0.3) is 5.56 Å². The number of fused-ring (bicyclic) bond motifs is 1. The number of halogens is 2. The van der Waals surface area contributed by atoms with Crippen LogP contribution >= 0.6 is 24.8 Å². The van der Waals surface area contributed by atoms with Crippen molar-refractivity contribution in [3.63, 3.8) is 0 Å². The lowest BCUT2D eigenvalue weighted by atomic mass is 10.0. The molecule has 2 heterocycles. The molecule has 0 radical (unpaired) electrons. The van der Waals surface area contributed by atoms with Gasteiger partial charge in [0.2, 0.25) is 0 Å². The molecular weight excluding hydrogens is 353 g/mol. The summed E-state index contributed by atoms with van der Waals surface area (Å²) in [6.45, 7) is 1.11. The summed E-state index contributed by atoms with van der Waals surface area (Å²) < 4.78 is 1.10. The molecule has 2 N–H and O–H groups in total. The lowest BCUT2D eigenvalue weighted by Crippen LogP contribution is -2.44. The van der Waals surface area contributed by atoms with Gasteiger partial charge in [0.05, 0.1) is 18.2 Å². The van der Waals surface area contributed by atoms with E-state index in [0.29, 0.717) is 30.8 Å². The average molecular weight is 374 g/mol. The normalized spacial score (nSPS) is 14.9. The monoisotopic (exact) mass is 373 g/mol. The van der Waals surface area contributed by atoms with Crippen molar-refractivity contribution >= 4 is 24.8 Å². The van der Waals surface area contributed by atoms with E-state index in [1.807, 2.05) is 30.3 Å². The molecule has 1 aromatic heterocycles. The number of nitrogens with zero attached hydrogens (tertiary/aromatic N) is 2. The molecule has 0 amide bonds. The van der Waals surface area contributed by atoms with Gasteiger partial charge in [-0.3, -0.25) is 14.3 Å². The summed E-state index contributed by atoms with van der Waals surface area (Å²) in [4.78, 5) is 28.8. The molecule has 6 nitrogen and oxygen atoms in total. The van der Waals surface area contributed by atoms with Gasteiger partial charge in [-0.05, 0) is 5.56 Å². The van der Waals surface area contributed by atoms with Crippen LogP contribution in [0.1, 0.15) is 22.9 Å². The Balaban J connectivity index is 0.00000144. The third-order valence-electron chi connectivity index (χ3n) is 4.30. The first kappa shape index (κ1) is 20.4. The number of rotatable bonds is 3. The molecule has 3 rings (SSSR count). The molecule has 2 aromatic rings. The van der Waals surface area contributed by atoms with Crippen molar-refractivity contribution in [3.8, 4) is 0 Å². The van der Waals surface area contributed by atoms with Gasteiger partial charge in [-0.1, -0.05) is 30.3 Å². The summed E-state index contributed by atoms with van der Waals surface area (Å²) in [6.07, 6.45) is 0.601. The smallest absolute Gasteiger partial charge is 0.328 e. The average Bonchev–Trinajstić information content (AvgIpc) is 2.55. The highest BCUT2D eigenvalue weighted by Crippen LogP contribution is 2.25. The van der Waals surface area contributed by atoms with E-state index in [2.05, 4.69) is 9.88 Å². The van der Waals surface area contributed by atoms with Gasteiger partial charge < -0.3 is 10.1 Å². The number of H-pyrrole nitrogens is 1. The molecular formula is C16H21Cl2N3O3. The van der Waals surface area contributed by atoms with Gasteiger partial charge in [0.15, 0.2) is 0 Å². The summed E-state index contributed by atoms with van der Waals surface area (Å²) >= 11 is 0. The Morgan fingerprint density at radius 1 is 1.21 bits per heavy atom. The third-order valence-corrected chi connectivity index (χ3v) is 4.30. The predicted octanol–water partition coefficient (Wildman–Crippen LogP) is 1.01. The van der Waals surface area contributed by atoms with Crippen LogP contribution in [0.2, 0.25) is 0 Å². The lowest BCUT2D eigenvalue weighted by Gasteiger charge is -2.34. The van der Waals surface area contributed by atoms with E-state index in [-0.39, 0.29) is 48.7 Å². The molecule has 0 saturated carbocycles. The molecule has 24 heavy (non-hydrogen) atoms. The van der Waals surface area contributed by atoms with Crippen LogP contribution in [0.5, 0.6) is 0 Å². The predicted molar refractivity (Wildman–Crippen MR) is 97.2 cm³/mol. The number of benzene rings is 1. The fraction of sp³-hybridized carbons (Fsp3) is 0.375. The molecule has 1 unspecified atom stereocenters. The summed E-state index contributed by atoms with van der Waals surface area (Å²) in [5, 5.41) is 9.76. The summed E-state index contributed by atoms with van der Waals surface area (Å²) in [5.41, 5.74) is 1.72. The number of nitrogens with one attached hydrogen (secondary N) is 1. The highest BCUT2D eigenvalue weighted by atomic mass is 35.5. The van der Waals surface area contributed by atoms with Crippen LogP contribution in [-0.4, -0.2) is 32.7 Å². The van der Waals surface area contributed by atoms with Crippen molar-refractivity contribution in [1.29, 1.82) is 0 Å². The standard InChI is InChI=1S/C16H19N3O3.2ClH/c1-18-15(21)12-9-19(8-7-13(12)17-16(18)22)14(10-20)11-5-3-2-4-6-11;;/h2-6,14,20H,7-10H2,1H3,(H,17,22);2*1H. The number of aromatic nitrogens is 2. The van der Waals surface area contributed by atoms with Crippen molar-refractivity contribution < 1.29 is 5.11 Å². The van der Waals surface area contributed by atoms with Crippen LogP contribution in [0.3, 0.4) is 0 Å². The second-order valence-electron chi connectivity index (χ2n) is 5.58. The zero-order valence-electron chi connectivity index (χ0n) is 13.3. The van der Waals surface area contributed by atoms with Gasteiger partial charge in [-0.15, -0.1) is 24.8 Å². The van der Waals surface area contributed by atoms with Crippen molar-refractivity contribution in [2.24, 2.45) is 7.05 Å². The lowest BCUT2D eigenvalue weighted by molar-refractivity contribution is 0.110. The van der Waals surface area contributed by atoms with E-state index in [9.17, 15) is 14.7 Å². The zero-order valence-corrected chi connectivity index (χ0v) is 14.9. The van der Waals surface area contributed by atoms with Crippen LogP contribution in [0.4, 0.5) is 0 Å². The second-order valence-corrected chi connectivity index (χ2v) is 5.58. The Hall–Kier alpha value is -1.60. The maximum atomic E-state index is 12.3. The van der Waals surface area contributed by atoms with Gasteiger partial charge in [-0.2, -0.15) is 0 Å². The van der Waals surface area contributed by atoms with E-state index in [1.165, 1.54) is 7.05 Å².